The number of carbonyl (C=O) groups excluding carboxylic acids is 1. The van der Waals surface area contributed by atoms with Crippen LogP contribution in [0.1, 0.15) is 6.92 Å². The predicted octanol–water partition coefficient (Wildman–Crippen LogP) is 2.58. The van der Waals surface area contributed by atoms with Gasteiger partial charge in [-0.2, -0.15) is 4.73 Å². The fourth-order valence-electron chi connectivity index (χ4n) is 1.55. The van der Waals surface area contributed by atoms with Gasteiger partial charge in [-0.3, -0.25) is 4.79 Å². The van der Waals surface area contributed by atoms with Crippen LogP contribution in [0.25, 0.3) is 0 Å². The number of nitrogens with one attached hydrogen (secondary N) is 1. The fourth-order valence-corrected chi connectivity index (χ4v) is 2.40. The summed E-state index contributed by atoms with van der Waals surface area (Å²) in [5, 5.41) is 14.1. The number of rotatable bonds is 4. The normalized spacial score (nSPS) is 11.9. The van der Waals surface area contributed by atoms with Crippen LogP contribution in [-0.2, 0) is 4.79 Å². The first-order valence-corrected chi connectivity index (χ1v) is 6.85. The molecule has 0 saturated carbocycles. The lowest BCUT2D eigenvalue weighted by Crippen LogP contribution is -2.30. The lowest BCUT2D eigenvalue weighted by atomic mass is 10.3. The Morgan fingerprint density at radius 2 is 2.15 bits per heavy atom. The summed E-state index contributed by atoms with van der Waals surface area (Å²) in [6, 6.07) is 10.7. The van der Waals surface area contributed by atoms with Crippen molar-refractivity contribution in [3.05, 3.63) is 59.7 Å². The summed E-state index contributed by atoms with van der Waals surface area (Å²) in [4.78, 5) is 12.0. The van der Waals surface area contributed by atoms with Crippen molar-refractivity contribution in [3.63, 3.8) is 0 Å². The highest BCUT2D eigenvalue weighted by molar-refractivity contribution is 8.00. The number of thioether (sulfide) groups is 1. The van der Waals surface area contributed by atoms with Crippen LogP contribution >= 0.6 is 11.8 Å². The second kappa shape index (κ2) is 6.38. The van der Waals surface area contributed by atoms with E-state index in [1.54, 1.807) is 31.2 Å². The molecule has 104 valence electrons. The molecule has 2 rings (SSSR count). The van der Waals surface area contributed by atoms with Gasteiger partial charge in [0.1, 0.15) is 5.82 Å². The van der Waals surface area contributed by atoms with E-state index in [1.165, 1.54) is 24.4 Å². The number of nitrogens with zero attached hydrogens (tertiary/aromatic N) is 1. The zero-order valence-corrected chi connectivity index (χ0v) is 11.6. The molecule has 0 spiro atoms. The molecule has 0 radical (unpaired) electrons. The first-order chi connectivity index (χ1) is 9.56. The van der Waals surface area contributed by atoms with Crippen LogP contribution in [0, 0.1) is 11.0 Å². The molecule has 0 aliphatic heterocycles. The molecule has 0 fully saturated rings. The minimum Gasteiger partial charge on any atom is -0.618 e. The lowest BCUT2D eigenvalue weighted by Gasteiger charge is -2.11. The number of amides is 1. The van der Waals surface area contributed by atoms with Crippen LogP contribution in [0.4, 0.5) is 10.1 Å². The molecule has 4 nitrogen and oxygen atoms in total. The van der Waals surface area contributed by atoms with Gasteiger partial charge in [0, 0.05) is 17.8 Å². The van der Waals surface area contributed by atoms with Gasteiger partial charge in [0.25, 0.3) is 5.03 Å². The highest BCUT2D eigenvalue weighted by atomic mass is 32.2. The Kier molecular flexibility index (Phi) is 4.57. The van der Waals surface area contributed by atoms with Crippen LogP contribution in [0.2, 0.25) is 0 Å². The van der Waals surface area contributed by atoms with E-state index in [4.69, 9.17) is 0 Å². The topological polar surface area (TPSA) is 56.0 Å². The monoisotopic (exact) mass is 292 g/mol. The summed E-state index contributed by atoms with van der Waals surface area (Å²) in [5.74, 6) is -0.701. The molecule has 1 aromatic carbocycles. The van der Waals surface area contributed by atoms with Crippen molar-refractivity contribution in [2.75, 3.05) is 5.32 Å². The third-order valence-electron chi connectivity index (χ3n) is 2.55. The molecule has 1 atom stereocenters. The quantitative estimate of drug-likeness (QED) is 0.535. The van der Waals surface area contributed by atoms with Crippen molar-refractivity contribution in [2.24, 2.45) is 0 Å². The first-order valence-electron chi connectivity index (χ1n) is 5.97. The molecule has 0 bridgehead atoms. The fraction of sp³-hybridized carbons (Fsp3) is 0.143. The standard InChI is InChI=1S/C14H13FN2O2S/c1-10(20-13-7-2-3-8-17(13)19)14(18)16-12-6-4-5-11(15)9-12/h2-10H,1H3,(H,16,18)/t10-/m1/s1. The van der Waals surface area contributed by atoms with Crippen molar-refractivity contribution in [1.82, 2.24) is 0 Å². The summed E-state index contributed by atoms with van der Waals surface area (Å²) in [6.45, 7) is 1.69. The Balaban J connectivity index is 2.01. The second-order valence-electron chi connectivity index (χ2n) is 4.12. The van der Waals surface area contributed by atoms with Crippen molar-refractivity contribution < 1.29 is 13.9 Å². The van der Waals surface area contributed by atoms with Gasteiger partial charge >= 0.3 is 0 Å². The van der Waals surface area contributed by atoms with E-state index in [0.717, 1.165) is 11.8 Å². The molecular weight excluding hydrogens is 279 g/mol. The average Bonchev–Trinajstić information content (AvgIpc) is 2.41. The van der Waals surface area contributed by atoms with Gasteiger partial charge in [0.05, 0.1) is 5.25 Å². The van der Waals surface area contributed by atoms with Gasteiger partial charge in [-0.1, -0.05) is 6.07 Å². The maximum absolute atomic E-state index is 13.0. The number of halogens is 1. The lowest BCUT2D eigenvalue weighted by molar-refractivity contribution is -0.645. The van der Waals surface area contributed by atoms with Crippen molar-refractivity contribution in [3.8, 4) is 0 Å². The van der Waals surface area contributed by atoms with E-state index >= 15 is 0 Å². The van der Waals surface area contributed by atoms with Gasteiger partial charge in [-0.05, 0) is 43.0 Å². The molecule has 1 aromatic heterocycles. The van der Waals surface area contributed by atoms with Crippen molar-refractivity contribution in [2.45, 2.75) is 17.2 Å². The minimum atomic E-state index is -0.471. The molecule has 0 aliphatic rings. The number of anilines is 1. The molecule has 0 saturated heterocycles. The Morgan fingerprint density at radius 1 is 1.35 bits per heavy atom. The zero-order chi connectivity index (χ0) is 14.5. The largest absolute Gasteiger partial charge is 0.618 e. The number of aromatic nitrogens is 1. The van der Waals surface area contributed by atoms with Gasteiger partial charge in [-0.15, -0.1) is 0 Å². The third kappa shape index (κ3) is 3.71. The highest BCUT2D eigenvalue weighted by Crippen LogP contribution is 2.21. The van der Waals surface area contributed by atoms with Gasteiger partial charge in [0.15, 0.2) is 6.20 Å². The third-order valence-corrected chi connectivity index (χ3v) is 3.67. The minimum absolute atomic E-state index is 0.288. The maximum atomic E-state index is 13.0. The molecule has 1 N–H and O–H groups in total. The smallest absolute Gasteiger partial charge is 0.252 e. The summed E-state index contributed by atoms with van der Waals surface area (Å²) >= 11 is 1.15. The van der Waals surface area contributed by atoms with E-state index < -0.39 is 11.1 Å². The molecule has 0 aliphatic carbocycles. The molecule has 1 heterocycles. The van der Waals surface area contributed by atoms with Crippen LogP contribution in [-0.4, -0.2) is 11.2 Å². The van der Waals surface area contributed by atoms with E-state index in [1.807, 2.05) is 0 Å². The first kappa shape index (κ1) is 14.3. The molecule has 6 heteroatoms. The van der Waals surface area contributed by atoms with Crippen molar-refractivity contribution in [1.29, 1.82) is 0 Å². The summed E-state index contributed by atoms with van der Waals surface area (Å²) in [5.41, 5.74) is 0.394. The van der Waals surface area contributed by atoms with Crippen molar-refractivity contribution >= 4 is 23.4 Å². The number of hydrogen-bond donors (Lipinski definition) is 1. The average molecular weight is 292 g/mol. The summed E-state index contributed by atoms with van der Waals surface area (Å²) < 4.78 is 13.7. The highest BCUT2D eigenvalue weighted by Gasteiger charge is 2.18. The number of carbonyl (C=O) groups is 1. The second-order valence-corrected chi connectivity index (χ2v) is 5.49. The zero-order valence-electron chi connectivity index (χ0n) is 10.7. The van der Waals surface area contributed by atoms with E-state index in [2.05, 4.69) is 5.32 Å². The Bertz CT molecular complexity index is 622. The Hall–Kier alpha value is -2.08. The number of hydrogen-bond acceptors (Lipinski definition) is 3. The van der Waals surface area contributed by atoms with E-state index in [0.29, 0.717) is 15.4 Å². The van der Waals surface area contributed by atoms with Gasteiger partial charge in [0.2, 0.25) is 5.91 Å². The van der Waals surface area contributed by atoms with E-state index in [-0.39, 0.29) is 5.91 Å². The molecule has 0 unspecified atom stereocenters. The van der Waals surface area contributed by atoms with Gasteiger partial charge in [-0.25, -0.2) is 4.39 Å². The molecule has 20 heavy (non-hydrogen) atoms. The summed E-state index contributed by atoms with van der Waals surface area (Å²) in [7, 11) is 0. The van der Waals surface area contributed by atoms with Crippen LogP contribution < -0.4 is 10.0 Å². The molecule has 1 amide bonds. The van der Waals surface area contributed by atoms with Gasteiger partial charge < -0.3 is 10.5 Å². The number of pyridine rings is 1. The van der Waals surface area contributed by atoms with Crippen LogP contribution in [0.3, 0.4) is 0 Å². The van der Waals surface area contributed by atoms with Crippen LogP contribution in [0.5, 0.6) is 0 Å². The number of benzene rings is 1. The molecular formula is C14H13FN2O2S. The Labute approximate surface area is 120 Å². The van der Waals surface area contributed by atoms with E-state index in [9.17, 15) is 14.4 Å². The maximum Gasteiger partial charge on any atom is 0.252 e. The summed E-state index contributed by atoms with van der Waals surface area (Å²) in [6.07, 6.45) is 1.37. The van der Waals surface area contributed by atoms with Crippen LogP contribution in [0.15, 0.2) is 53.7 Å². The Morgan fingerprint density at radius 3 is 2.85 bits per heavy atom. The molecule has 2 aromatic rings. The predicted molar refractivity (Wildman–Crippen MR) is 75.8 cm³/mol. The SMILES string of the molecule is C[C@@H](Sc1cccc[n+]1[O-])C(=O)Nc1cccc(F)c1.